The standard InChI is InChI=1S/C10H13ClO2/c11-10(6-12)8-13-7-9-4-2-1-3-5-9/h1-5,10,12H,6-8H2/t10-/m0/s1. The first-order valence-corrected chi connectivity index (χ1v) is 4.63. The molecule has 0 aliphatic rings. The second-order valence-corrected chi connectivity index (χ2v) is 3.40. The Morgan fingerprint density at radius 2 is 2.00 bits per heavy atom. The Kier molecular flexibility index (Phi) is 4.83. The summed E-state index contributed by atoms with van der Waals surface area (Å²) in [5.74, 6) is 0. The van der Waals surface area contributed by atoms with Crippen LogP contribution in [0.4, 0.5) is 0 Å². The molecular weight excluding hydrogens is 188 g/mol. The van der Waals surface area contributed by atoms with Crippen molar-refractivity contribution in [1.29, 1.82) is 0 Å². The number of benzene rings is 1. The van der Waals surface area contributed by atoms with Crippen molar-refractivity contribution in [2.75, 3.05) is 13.2 Å². The molecule has 0 amide bonds. The molecule has 0 unspecified atom stereocenters. The summed E-state index contributed by atoms with van der Waals surface area (Å²) in [6.45, 7) is 0.882. The first-order valence-electron chi connectivity index (χ1n) is 4.19. The third-order valence-electron chi connectivity index (χ3n) is 1.61. The Balaban J connectivity index is 2.20. The molecule has 0 aromatic heterocycles. The van der Waals surface area contributed by atoms with E-state index in [2.05, 4.69) is 0 Å². The summed E-state index contributed by atoms with van der Waals surface area (Å²) in [6, 6.07) is 9.86. The van der Waals surface area contributed by atoms with Crippen molar-refractivity contribution in [3.05, 3.63) is 35.9 Å². The fourth-order valence-electron chi connectivity index (χ4n) is 0.932. The summed E-state index contributed by atoms with van der Waals surface area (Å²) < 4.78 is 5.28. The number of aliphatic hydroxyl groups excluding tert-OH is 1. The third-order valence-corrected chi connectivity index (χ3v) is 1.87. The molecule has 0 saturated carbocycles. The lowest BCUT2D eigenvalue weighted by Gasteiger charge is -2.06. The van der Waals surface area contributed by atoms with E-state index >= 15 is 0 Å². The quantitative estimate of drug-likeness (QED) is 0.735. The highest BCUT2D eigenvalue weighted by atomic mass is 35.5. The van der Waals surface area contributed by atoms with Gasteiger partial charge in [-0.05, 0) is 5.56 Å². The largest absolute Gasteiger partial charge is 0.395 e. The van der Waals surface area contributed by atoms with E-state index in [9.17, 15) is 0 Å². The monoisotopic (exact) mass is 200 g/mol. The Bertz CT molecular complexity index is 226. The Hall–Kier alpha value is -0.570. The van der Waals surface area contributed by atoms with Crippen molar-refractivity contribution in [1.82, 2.24) is 0 Å². The van der Waals surface area contributed by atoms with Crippen molar-refractivity contribution in [2.24, 2.45) is 0 Å². The van der Waals surface area contributed by atoms with Crippen molar-refractivity contribution in [3.8, 4) is 0 Å². The zero-order valence-electron chi connectivity index (χ0n) is 7.32. The van der Waals surface area contributed by atoms with Gasteiger partial charge in [0, 0.05) is 0 Å². The van der Waals surface area contributed by atoms with Gasteiger partial charge in [0.2, 0.25) is 0 Å². The molecule has 0 aliphatic carbocycles. The minimum atomic E-state index is -0.302. The zero-order valence-corrected chi connectivity index (χ0v) is 8.07. The van der Waals surface area contributed by atoms with Crippen LogP contribution < -0.4 is 0 Å². The number of aliphatic hydroxyl groups is 1. The van der Waals surface area contributed by atoms with Gasteiger partial charge in [-0.15, -0.1) is 11.6 Å². The number of halogens is 1. The van der Waals surface area contributed by atoms with Crippen molar-refractivity contribution >= 4 is 11.6 Å². The van der Waals surface area contributed by atoms with Gasteiger partial charge in [-0.2, -0.15) is 0 Å². The Labute approximate surface area is 83.1 Å². The number of hydrogen-bond acceptors (Lipinski definition) is 2. The van der Waals surface area contributed by atoms with Crippen LogP contribution in [0.25, 0.3) is 0 Å². The SMILES string of the molecule is OC[C@H](Cl)COCc1ccccc1. The predicted octanol–water partition coefficient (Wildman–Crippen LogP) is 1.80. The van der Waals surface area contributed by atoms with Gasteiger partial charge >= 0.3 is 0 Å². The number of rotatable bonds is 5. The second-order valence-electron chi connectivity index (χ2n) is 2.78. The molecule has 0 radical (unpaired) electrons. The third kappa shape index (κ3) is 4.27. The number of ether oxygens (including phenoxy) is 1. The van der Waals surface area contributed by atoms with Crippen LogP contribution in [0.5, 0.6) is 0 Å². The van der Waals surface area contributed by atoms with Gasteiger partial charge in [0.25, 0.3) is 0 Å². The van der Waals surface area contributed by atoms with E-state index in [4.69, 9.17) is 21.4 Å². The fraction of sp³-hybridized carbons (Fsp3) is 0.400. The van der Waals surface area contributed by atoms with Gasteiger partial charge in [0.1, 0.15) is 0 Å². The van der Waals surface area contributed by atoms with E-state index in [0.717, 1.165) is 5.56 Å². The highest BCUT2D eigenvalue weighted by molar-refractivity contribution is 6.20. The van der Waals surface area contributed by atoms with E-state index in [-0.39, 0.29) is 12.0 Å². The van der Waals surface area contributed by atoms with Gasteiger partial charge in [0.15, 0.2) is 0 Å². The smallest absolute Gasteiger partial charge is 0.0800 e. The lowest BCUT2D eigenvalue weighted by molar-refractivity contribution is 0.107. The normalized spacial score (nSPS) is 12.8. The van der Waals surface area contributed by atoms with Crippen molar-refractivity contribution in [3.63, 3.8) is 0 Å². The first kappa shape index (κ1) is 10.5. The van der Waals surface area contributed by atoms with E-state index < -0.39 is 0 Å². The van der Waals surface area contributed by atoms with E-state index in [1.165, 1.54) is 0 Å². The minimum Gasteiger partial charge on any atom is -0.395 e. The summed E-state index contributed by atoms with van der Waals surface area (Å²) in [5.41, 5.74) is 1.12. The molecule has 1 aromatic rings. The minimum absolute atomic E-state index is 0.0453. The van der Waals surface area contributed by atoms with Crippen LogP contribution in [0.15, 0.2) is 30.3 Å². The van der Waals surface area contributed by atoms with Crippen LogP contribution in [-0.2, 0) is 11.3 Å². The van der Waals surface area contributed by atoms with Crippen LogP contribution >= 0.6 is 11.6 Å². The van der Waals surface area contributed by atoms with E-state index in [1.807, 2.05) is 30.3 Å². The molecule has 3 heteroatoms. The maximum atomic E-state index is 8.62. The first-order chi connectivity index (χ1) is 6.33. The van der Waals surface area contributed by atoms with Crippen LogP contribution in [0.3, 0.4) is 0 Å². The Morgan fingerprint density at radius 3 is 2.62 bits per heavy atom. The van der Waals surface area contributed by atoms with Crippen LogP contribution in [0.2, 0.25) is 0 Å². The second kappa shape index (κ2) is 5.97. The molecule has 13 heavy (non-hydrogen) atoms. The fourth-order valence-corrected chi connectivity index (χ4v) is 1.02. The average Bonchev–Trinajstić information content (AvgIpc) is 2.19. The zero-order chi connectivity index (χ0) is 9.52. The molecular formula is C10H13ClO2. The van der Waals surface area contributed by atoms with Gasteiger partial charge in [0.05, 0.1) is 25.2 Å². The lowest BCUT2D eigenvalue weighted by Crippen LogP contribution is -2.13. The molecule has 0 bridgehead atoms. The number of hydrogen-bond donors (Lipinski definition) is 1. The topological polar surface area (TPSA) is 29.5 Å². The molecule has 0 heterocycles. The van der Waals surface area contributed by atoms with Crippen LogP contribution in [-0.4, -0.2) is 23.7 Å². The van der Waals surface area contributed by atoms with E-state index in [1.54, 1.807) is 0 Å². The molecule has 0 aliphatic heterocycles. The molecule has 2 nitrogen and oxygen atoms in total. The summed E-state index contributed by atoms with van der Waals surface area (Å²) in [5, 5.41) is 8.32. The molecule has 1 N–H and O–H groups in total. The van der Waals surface area contributed by atoms with E-state index in [0.29, 0.717) is 13.2 Å². The van der Waals surface area contributed by atoms with Gasteiger partial charge < -0.3 is 9.84 Å². The highest BCUT2D eigenvalue weighted by Gasteiger charge is 2.01. The summed E-state index contributed by atoms with van der Waals surface area (Å²) in [4.78, 5) is 0. The Morgan fingerprint density at radius 1 is 1.31 bits per heavy atom. The predicted molar refractivity (Wildman–Crippen MR) is 52.8 cm³/mol. The summed E-state index contributed by atoms with van der Waals surface area (Å²) in [6.07, 6.45) is 0. The maximum Gasteiger partial charge on any atom is 0.0800 e. The molecule has 1 rings (SSSR count). The maximum absolute atomic E-state index is 8.62. The molecule has 0 saturated heterocycles. The van der Waals surface area contributed by atoms with Crippen molar-refractivity contribution < 1.29 is 9.84 Å². The van der Waals surface area contributed by atoms with Gasteiger partial charge in [-0.25, -0.2) is 0 Å². The molecule has 0 fully saturated rings. The van der Waals surface area contributed by atoms with Gasteiger partial charge in [-0.1, -0.05) is 30.3 Å². The summed E-state index contributed by atoms with van der Waals surface area (Å²) in [7, 11) is 0. The van der Waals surface area contributed by atoms with Crippen LogP contribution in [0.1, 0.15) is 5.56 Å². The highest BCUT2D eigenvalue weighted by Crippen LogP contribution is 2.02. The molecule has 1 aromatic carbocycles. The van der Waals surface area contributed by atoms with Crippen LogP contribution in [0, 0.1) is 0 Å². The van der Waals surface area contributed by atoms with Crippen molar-refractivity contribution in [2.45, 2.75) is 12.0 Å². The average molecular weight is 201 g/mol. The van der Waals surface area contributed by atoms with Gasteiger partial charge in [-0.3, -0.25) is 0 Å². The molecule has 72 valence electrons. The lowest BCUT2D eigenvalue weighted by atomic mass is 10.2. The molecule has 0 spiro atoms. The number of alkyl halides is 1. The molecule has 1 atom stereocenters. The summed E-state index contributed by atoms with van der Waals surface area (Å²) >= 11 is 5.66.